The highest BCUT2D eigenvalue weighted by Gasteiger charge is 2.35. The fourth-order valence-electron chi connectivity index (χ4n) is 3.08. The molecule has 1 atom stereocenters. The van der Waals surface area contributed by atoms with Gasteiger partial charge in [-0.15, -0.1) is 0 Å². The van der Waals surface area contributed by atoms with E-state index in [0.29, 0.717) is 30.9 Å². The molecule has 1 aliphatic rings. The summed E-state index contributed by atoms with van der Waals surface area (Å²) in [5.41, 5.74) is 1.19. The fraction of sp³-hybridized carbons (Fsp3) is 0.421. The van der Waals surface area contributed by atoms with Gasteiger partial charge in [-0.1, -0.05) is 19.8 Å². The van der Waals surface area contributed by atoms with Crippen molar-refractivity contribution in [2.75, 3.05) is 20.1 Å². The molecule has 0 aliphatic carbocycles. The molecule has 3 rings (SSSR count). The number of rotatable bonds is 5. The molecule has 136 valence electrons. The Morgan fingerprint density at radius 1 is 1.23 bits per heavy atom. The van der Waals surface area contributed by atoms with Gasteiger partial charge in [-0.3, -0.25) is 14.6 Å². The molecule has 1 saturated heterocycles. The van der Waals surface area contributed by atoms with E-state index in [2.05, 4.69) is 21.9 Å². The second kappa shape index (κ2) is 8.03. The van der Waals surface area contributed by atoms with E-state index in [1.54, 1.807) is 29.2 Å². The zero-order valence-corrected chi connectivity index (χ0v) is 15.1. The Hall–Kier alpha value is -2.83. The first-order valence-electron chi connectivity index (χ1n) is 8.90. The SMILES string of the molecule is CCCC[C@@H]1C(=O)N(C)CCN1C(=O)c1cnc(-c2cccnc2)nc1. The van der Waals surface area contributed by atoms with E-state index in [1.807, 2.05) is 12.1 Å². The van der Waals surface area contributed by atoms with Crippen molar-refractivity contribution in [3.8, 4) is 11.4 Å². The van der Waals surface area contributed by atoms with Gasteiger partial charge in [0, 0.05) is 50.5 Å². The maximum atomic E-state index is 12.9. The third kappa shape index (κ3) is 3.71. The van der Waals surface area contributed by atoms with Crippen LogP contribution in [0.4, 0.5) is 0 Å². The molecule has 26 heavy (non-hydrogen) atoms. The van der Waals surface area contributed by atoms with Crippen molar-refractivity contribution in [1.82, 2.24) is 24.8 Å². The van der Waals surface area contributed by atoms with Crippen LogP contribution in [-0.4, -0.2) is 62.7 Å². The molecule has 3 heterocycles. The van der Waals surface area contributed by atoms with Crippen LogP contribution in [-0.2, 0) is 4.79 Å². The highest BCUT2D eigenvalue weighted by atomic mass is 16.2. The molecule has 7 heteroatoms. The number of amides is 2. The third-order valence-corrected chi connectivity index (χ3v) is 4.62. The van der Waals surface area contributed by atoms with Gasteiger partial charge in [-0.25, -0.2) is 9.97 Å². The number of carbonyl (C=O) groups excluding carboxylic acids is 2. The molecule has 2 amide bonds. The molecule has 2 aromatic heterocycles. The summed E-state index contributed by atoms with van der Waals surface area (Å²) >= 11 is 0. The van der Waals surface area contributed by atoms with Crippen LogP contribution in [0.2, 0.25) is 0 Å². The summed E-state index contributed by atoms with van der Waals surface area (Å²) in [4.78, 5) is 41.4. The third-order valence-electron chi connectivity index (χ3n) is 4.62. The number of aromatic nitrogens is 3. The smallest absolute Gasteiger partial charge is 0.257 e. The van der Waals surface area contributed by atoms with Crippen molar-refractivity contribution in [2.45, 2.75) is 32.2 Å². The van der Waals surface area contributed by atoms with E-state index in [4.69, 9.17) is 0 Å². The van der Waals surface area contributed by atoms with Crippen LogP contribution in [0.25, 0.3) is 11.4 Å². The Morgan fingerprint density at radius 3 is 2.65 bits per heavy atom. The maximum Gasteiger partial charge on any atom is 0.257 e. The first-order valence-corrected chi connectivity index (χ1v) is 8.90. The van der Waals surface area contributed by atoms with Crippen molar-refractivity contribution in [3.63, 3.8) is 0 Å². The second-order valence-corrected chi connectivity index (χ2v) is 6.45. The average molecular weight is 353 g/mol. The Kier molecular flexibility index (Phi) is 5.55. The molecule has 2 aromatic rings. The number of piperazine rings is 1. The predicted molar refractivity (Wildman–Crippen MR) is 97.2 cm³/mol. The zero-order valence-electron chi connectivity index (χ0n) is 15.1. The van der Waals surface area contributed by atoms with E-state index in [9.17, 15) is 9.59 Å². The Balaban J connectivity index is 1.79. The minimum Gasteiger partial charge on any atom is -0.342 e. The Labute approximate surface area is 153 Å². The van der Waals surface area contributed by atoms with Crippen LogP contribution >= 0.6 is 0 Å². The molecule has 1 fully saturated rings. The molecule has 0 aromatic carbocycles. The first kappa shape index (κ1) is 18.0. The summed E-state index contributed by atoms with van der Waals surface area (Å²) < 4.78 is 0. The van der Waals surface area contributed by atoms with Gasteiger partial charge in [-0.05, 0) is 18.6 Å². The van der Waals surface area contributed by atoms with Gasteiger partial charge in [0.2, 0.25) is 5.91 Å². The Bertz CT molecular complexity index is 763. The summed E-state index contributed by atoms with van der Waals surface area (Å²) in [5, 5.41) is 0. The molecule has 0 N–H and O–H groups in total. The van der Waals surface area contributed by atoms with Crippen molar-refractivity contribution < 1.29 is 9.59 Å². The van der Waals surface area contributed by atoms with Crippen LogP contribution in [0.5, 0.6) is 0 Å². The van der Waals surface area contributed by atoms with Crippen LogP contribution in [0, 0.1) is 0 Å². The van der Waals surface area contributed by atoms with Gasteiger partial charge in [-0.2, -0.15) is 0 Å². The summed E-state index contributed by atoms with van der Waals surface area (Å²) in [6.07, 6.45) is 8.98. The van der Waals surface area contributed by atoms with Gasteiger partial charge >= 0.3 is 0 Å². The van der Waals surface area contributed by atoms with Crippen LogP contribution in [0.3, 0.4) is 0 Å². The number of unbranched alkanes of at least 4 members (excludes halogenated alkanes) is 1. The van der Waals surface area contributed by atoms with Gasteiger partial charge in [0.25, 0.3) is 5.91 Å². The lowest BCUT2D eigenvalue weighted by Crippen LogP contribution is -2.57. The maximum absolute atomic E-state index is 12.9. The topological polar surface area (TPSA) is 79.3 Å². The molecular weight excluding hydrogens is 330 g/mol. The van der Waals surface area contributed by atoms with Gasteiger partial charge in [0.15, 0.2) is 5.82 Å². The summed E-state index contributed by atoms with van der Waals surface area (Å²) in [5.74, 6) is 0.336. The second-order valence-electron chi connectivity index (χ2n) is 6.45. The van der Waals surface area contributed by atoms with Crippen LogP contribution in [0.15, 0.2) is 36.9 Å². The largest absolute Gasteiger partial charge is 0.342 e. The van der Waals surface area contributed by atoms with Crippen LogP contribution in [0.1, 0.15) is 36.5 Å². The standard InChI is InChI=1S/C19H23N5O2/c1-3-4-7-16-19(26)23(2)9-10-24(16)18(25)15-12-21-17(22-13-15)14-6-5-8-20-11-14/h5-6,8,11-13,16H,3-4,7,9-10H2,1-2H3/t16-/m1/s1. The molecule has 0 unspecified atom stereocenters. The fourth-order valence-corrected chi connectivity index (χ4v) is 3.08. The van der Waals surface area contributed by atoms with E-state index in [-0.39, 0.29) is 11.8 Å². The van der Waals surface area contributed by atoms with E-state index in [0.717, 1.165) is 18.4 Å². The van der Waals surface area contributed by atoms with E-state index < -0.39 is 6.04 Å². The van der Waals surface area contributed by atoms with E-state index in [1.165, 1.54) is 12.4 Å². The lowest BCUT2D eigenvalue weighted by molar-refractivity contribution is -0.138. The lowest BCUT2D eigenvalue weighted by atomic mass is 10.0. The van der Waals surface area contributed by atoms with Crippen molar-refractivity contribution in [3.05, 3.63) is 42.5 Å². The lowest BCUT2D eigenvalue weighted by Gasteiger charge is -2.39. The minimum absolute atomic E-state index is 0.00551. The van der Waals surface area contributed by atoms with Crippen LogP contribution < -0.4 is 0 Å². The summed E-state index contributed by atoms with van der Waals surface area (Å²) in [7, 11) is 1.79. The van der Waals surface area contributed by atoms with Crippen molar-refractivity contribution in [1.29, 1.82) is 0 Å². The number of pyridine rings is 1. The number of likely N-dealkylation sites (N-methyl/N-ethyl adjacent to an activating group) is 1. The number of hydrogen-bond donors (Lipinski definition) is 0. The Morgan fingerprint density at radius 2 is 2.00 bits per heavy atom. The molecule has 7 nitrogen and oxygen atoms in total. The normalized spacial score (nSPS) is 17.5. The highest BCUT2D eigenvalue weighted by molar-refractivity contribution is 5.97. The predicted octanol–water partition coefficient (Wildman–Crippen LogP) is 2.01. The van der Waals surface area contributed by atoms with Gasteiger partial charge in [0.1, 0.15) is 6.04 Å². The van der Waals surface area contributed by atoms with E-state index >= 15 is 0 Å². The molecule has 0 bridgehead atoms. The number of nitrogens with zero attached hydrogens (tertiary/aromatic N) is 5. The van der Waals surface area contributed by atoms with Gasteiger partial charge < -0.3 is 9.80 Å². The first-order chi connectivity index (χ1) is 12.6. The molecular formula is C19H23N5O2. The van der Waals surface area contributed by atoms with Crippen molar-refractivity contribution in [2.24, 2.45) is 0 Å². The quantitative estimate of drug-likeness (QED) is 0.821. The summed E-state index contributed by atoms with van der Waals surface area (Å²) in [6, 6.07) is 3.27. The van der Waals surface area contributed by atoms with Crippen molar-refractivity contribution >= 4 is 11.8 Å². The minimum atomic E-state index is -0.404. The molecule has 1 aliphatic heterocycles. The summed E-state index contributed by atoms with van der Waals surface area (Å²) in [6.45, 7) is 3.15. The average Bonchev–Trinajstić information content (AvgIpc) is 2.69. The highest BCUT2D eigenvalue weighted by Crippen LogP contribution is 2.19. The number of hydrogen-bond acceptors (Lipinski definition) is 5. The monoisotopic (exact) mass is 353 g/mol. The molecule has 0 radical (unpaired) electrons. The zero-order chi connectivity index (χ0) is 18.5. The molecule has 0 spiro atoms. The van der Waals surface area contributed by atoms with Gasteiger partial charge in [0.05, 0.1) is 5.56 Å². The molecule has 0 saturated carbocycles. The number of carbonyl (C=O) groups is 2.